The van der Waals surface area contributed by atoms with Gasteiger partial charge in [0.1, 0.15) is 11.5 Å². The van der Waals surface area contributed by atoms with Crippen molar-refractivity contribution in [2.75, 3.05) is 13.1 Å². The van der Waals surface area contributed by atoms with Gasteiger partial charge in [-0.15, -0.1) is 0 Å². The molecule has 134 valence electrons. The van der Waals surface area contributed by atoms with Crippen LogP contribution in [0.3, 0.4) is 0 Å². The molecule has 0 unspecified atom stereocenters. The van der Waals surface area contributed by atoms with Crippen molar-refractivity contribution in [1.29, 1.82) is 0 Å². The molecule has 6 heteroatoms. The van der Waals surface area contributed by atoms with Crippen LogP contribution in [-0.4, -0.2) is 33.4 Å². The Bertz CT molecular complexity index is 947. The topological polar surface area (TPSA) is 38.1 Å². The molecule has 1 aliphatic rings. The van der Waals surface area contributed by atoms with E-state index in [1.54, 1.807) is 23.1 Å². The van der Waals surface area contributed by atoms with Crippen molar-refractivity contribution in [1.82, 2.24) is 14.5 Å². The number of fused-ring (bicyclic) bond motifs is 1. The fourth-order valence-electron chi connectivity index (χ4n) is 3.60. The molecule has 1 aromatic carbocycles. The molecular weight excluding hydrogens is 397 g/mol. The van der Waals surface area contributed by atoms with Gasteiger partial charge in [0.05, 0.1) is 5.56 Å². The Labute approximate surface area is 159 Å². The molecule has 2 aromatic heterocycles. The fraction of sp³-hybridized carbons (Fsp3) is 0.300. The summed E-state index contributed by atoms with van der Waals surface area (Å²) in [6, 6.07) is 10.3. The molecule has 0 N–H and O–H groups in total. The Balaban J connectivity index is 1.40. The molecule has 0 spiro atoms. The van der Waals surface area contributed by atoms with Crippen LogP contribution in [0.5, 0.6) is 0 Å². The van der Waals surface area contributed by atoms with Crippen LogP contribution in [0.15, 0.2) is 53.3 Å². The summed E-state index contributed by atoms with van der Waals surface area (Å²) in [4.78, 5) is 18.8. The normalized spacial score (nSPS) is 15.5. The zero-order chi connectivity index (χ0) is 18.1. The van der Waals surface area contributed by atoms with E-state index in [0.717, 1.165) is 34.9 Å². The number of piperidine rings is 1. The molecule has 3 aromatic rings. The van der Waals surface area contributed by atoms with Crippen molar-refractivity contribution in [2.24, 2.45) is 5.92 Å². The first-order valence-corrected chi connectivity index (χ1v) is 9.55. The number of carbonyl (C=O) groups excluding carboxylic acids is 1. The van der Waals surface area contributed by atoms with Crippen molar-refractivity contribution in [3.63, 3.8) is 0 Å². The summed E-state index contributed by atoms with van der Waals surface area (Å²) < 4.78 is 17.0. The number of likely N-dealkylation sites (tertiary alicyclic amines) is 1. The molecule has 0 radical (unpaired) electrons. The number of nitrogens with zero attached hydrogens (tertiary/aromatic N) is 3. The highest BCUT2D eigenvalue weighted by Gasteiger charge is 2.25. The zero-order valence-electron chi connectivity index (χ0n) is 14.2. The van der Waals surface area contributed by atoms with Gasteiger partial charge in [-0.2, -0.15) is 0 Å². The van der Waals surface area contributed by atoms with Gasteiger partial charge >= 0.3 is 0 Å². The number of aromatic nitrogens is 2. The minimum atomic E-state index is -0.448. The summed E-state index contributed by atoms with van der Waals surface area (Å²) in [7, 11) is 0. The third-order valence-corrected chi connectivity index (χ3v) is 5.46. The van der Waals surface area contributed by atoms with Crippen LogP contribution in [0.25, 0.3) is 11.0 Å². The zero-order valence-corrected chi connectivity index (χ0v) is 15.8. The molecule has 4 nitrogen and oxygen atoms in total. The number of pyridine rings is 1. The van der Waals surface area contributed by atoms with Crippen LogP contribution < -0.4 is 0 Å². The Kier molecular flexibility index (Phi) is 4.76. The first-order valence-electron chi connectivity index (χ1n) is 8.76. The molecule has 4 rings (SSSR count). The lowest BCUT2D eigenvalue weighted by Gasteiger charge is -2.32. The Morgan fingerprint density at radius 2 is 2.00 bits per heavy atom. The van der Waals surface area contributed by atoms with Crippen LogP contribution in [0.4, 0.5) is 4.39 Å². The second-order valence-electron chi connectivity index (χ2n) is 6.75. The molecule has 0 bridgehead atoms. The molecule has 26 heavy (non-hydrogen) atoms. The lowest BCUT2D eigenvalue weighted by Crippen LogP contribution is -2.39. The minimum Gasteiger partial charge on any atom is -0.339 e. The molecule has 1 fully saturated rings. The molecule has 0 saturated carbocycles. The average molecular weight is 416 g/mol. The largest absolute Gasteiger partial charge is 0.339 e. The lowest BCUT2D eigenvalue weighted by molar-refractivity contribution is 0.0678. The first kappa shape index (κ1) is 17.2. The molecule has 1 aliphatic heterocycles. The summed E-state index contributed by atoms with van der Waals surface area (Å²) in [6.07, 6.45) is 5.71. The first-order chi connectivity index (χ1) is 12.6. The van der Waals surface area contributed by atoms with E-state index in [-0.39, 0.29) is 11.5 Å². The smallest absolute Gasteiger partial charge is 0.256 e. The maximum absolute atomic E-state index is 13.8. The molecule has 0 aliphatic carbocycles. The highest BCUT2D eigenvalue weighted by molar-refractivity contribution is 9.10. The van der Waals surface area contributed by atoms with Crippen molar-refractivity contribution in [2.45, 2.75) is 19.4 Å². The van der Waals surface area contributed by atoms with Crippen molar-refractivity contribution < 1.29 is 9.18 Å². The maximum Gasteiger partial charge on any atom is 0.256 e. The maximum atomic E-state index is 13.8. The third-order valence-electron chi connectivity index (χ3n) is 5.03. The predicted molar refractivity (Wildman–Crippen MR) is 102 cm³/mol. The van der Waals surface area contributed by atoms with Crippen LogP contribution in [-0.2, 0) is 6.54 Å². The second kappa shape index (κ2) is 7.19. The number of rotatable bonds is 3. The summed E-state index contributed by atoms with van der Waals surface area (Å²) in [5.41, 5.74) is 1.15. The van der Waals surface area contributed by atoms with Gasteiger partial charge in [-0.1, -0.05) is 12.1 Å². The van der Waals surface area contributed by atoms with E-state index >= 15 is 0 Å². The van der Waals surface area contributed by atoms with Crippen LogP contribution in [0, 0.1) is 11.7 Å². The Hall–Kier alpha value is -2.21. The standard InChI is InChI=1S/C20H19BrFN3O/c21-16-11-15-7-10-25(19(15)23-12-16)13-14-5-8-24(9-6-14)20(26)17-3-1-2-4-18(17)22/h1-4,7,10-12,14H,5-6,8-9,13H2. The van der Waals surface area contributed by atoms with E-state index in [0.29, 0.717) is 19.0 Å². The summed E-state index contributed by atoms with van der Waals surface area (Å²) >= 11 is 3.45. The number of amides is 1. The molecule has 1 saturated heterocycles. The molecule has 1 amide bonds. The Morgan fingerprint density at radius 1 is 1.23 bits per heavy atom. The van der Waals surface area contributed by atoms with Gasteiger partial charge < -0.3 is 9.47 Å². The van der Waals surface area contributed by atoms with Crippen LogP contribution >= 0.6 is 15.9 Å². The van der Waals surface area contributed by atoms with E-state index in [9.17, 15) is 9.18 Å². The lowest BCUT2D eigenvalue weighted by atomic mass is 9.96. The summed E-state index contributed by atoms with van der Waals surface area (Å²) in [5, 5.41) is 1.12. The number of benzene rings is 1. The minimum absolute atomic E-state index is 0.164. The monoisotopic (exact) mass is 415 g/mol. The van der Waals surface area contributed by atoms with Gasteiger partial charge in [0.25, 0.3) is 5.91 Å². The van der Waals surface area contributed by atoms with E-state index < -0.39 is 5.82 Å². The van der Waals surface area contributed by atoms with Crippen LogP contribution in [0.2, 0.25) is 0 Å². The SMILES string of the molecule is O=C(c1ccccc1F)N1CCC(Cn2ccc3cc(Br)cnc32)CC1. The van der Waals surface area contributed by atoms with Crippen molar-refractivity contribution >= 4 is 32.9 Å². The second-order valence-corrected chi connectivity index (χ2v) is 7.67. The number of carbonyl (C=O) groups is 1. The van der Waals surface area contributed by atoms with E-state index in [1.807, 2.05) is 6.20 Å². The van der Waals surface area contributed by atoms with Gasteiger partial charge in [0.2, 0.25) is 0 Å². The quantitative estimate of drug-likeness (QED) is 0.631. The van der Waals surface area contributed by atoms with E-state index in [2.05, 4.69) is 43.8 Å². The summed E-state index contributed by atoms with van der Waals surface area (Å²) in [5.74, 6) is -0.170. The van der Waals surface area contributed by atoms with E-state index in [1.165, 1.54) is 6.07 Å². The Morgan fingerprint density at radius 3 is 2.77 bits per heavy atom. The number of hydrogen-bond acceptors (Lipinski definition) is 2. The highest BCUT2D eigenvalue weighted by Crippen LogP contribution is 2.24. The van der Waals surface area contributed by atoms with Crippen LogP contribution in [0.1, 0.15) is 23.2 Å². The third kappa shape index (κ3) is 3.38. The van der Waals surface area contributed by atoms with Gasteiger partial charge in [0.15, 0.2) is 0 Å². The molecular formula is C20H19BrFN3O. The number of hydrogen-bond donors (Lipinski definition) is 0. The van der Waals surface area contributed by atoms with Gasteiger partial charge in [-0.3, -0.25) is 4.79 Å². The van der Waals surface area contributed by atoms with Gasteiger partial charge in [-0.25, -0.2) is 9.37 Å². The van der Waals surface area contributed by atoms with E-state index in [4.69, 9.17) is 0 Å². The van der Waals surface area contributed by atoms with Gasteiger partial charge in [-0.05, 0) is 59.0 Å². The molecule has 3 heterocycles. The molecule has 0 atom stereocenters. The predicted octanol–water partition coefficient (Wildman–Crippen LogP) is 4.49. The summed E-state index contributed by atoms with van der Waals surface area (Å²) in [6.45, 7) is 2.21. The average Bonchev–Trinajstić information content (AvgIpc) is 3.04. The fourth-order valence-corrected chi connectivity index (χ4v) is 3.95. The highest BCUT2D eigenvalue weighted by atomic mass is 79.9. The number of halogens is 2. The van der Waals surface area contributed by atoms with Gasteiger partial charge in [0, 0.05) is 41.9 Å². The van der Waals surface area contributed by atoms with Crippen molar-refractivity contribution in [3.8, 4) is 0 Å². The van der Waals surface area contributed by atoms with Crippen molar-refractivity contribution in [3.05, 3.63) is 64.6 Å².